The number of benzene rings is 2. The van der Waals surface area contributed by atoms with Gasteiger partial charge in [-0.2, -0.15) is 0 Å². The fourth-order valence-electron chi connectivity index (χ4n) is 1.73. The van der Waals surface area contributed by atoms with Gasteiger partial charge in [0, 0.05) is 12.2 Å². The van der Waals surface area contributed by atoms with Gasteiger partial charge in [-0.3, -0.25) is 0 Å². The first-order chi connectivity index (χ1) is 9.40. The summed E-state index contributed by atoms with van der Waals surface area (Å²) in [4.78, 5) is 0. The Kier molecular flexibility index (Phi) is 5.20. The van der Waals surface area contributed by atoms with Crippen LogP contribution in [0.25, 0.3) is 6.08 Å². The van der Waals surface area contributed by atoms with E-state index < -0.39 is 0 Å². The van der Waals surface area contributed by atoms with Gasteiger partial charge in [-0.1, -0.05) is 60.7 Å². The minimum Gasteiger partial charge on any atom is -0.468 e. The Morgan fingerprint density at radius 3 is 2.21 bits per heavy atom. The molecule has 0 aliphatic heterocycles. The lowest BCUT2D eigenvalue weighted by Crippen LogP contribution is -2.05. The SMILES string of the molecule is CCOC(OC=Cc1ccccc1)c1ccccc1. The molecule has 98 valence electrons. The molecule has 1 atom stereocenters. The molecule has 0 aliphatic carbocycles. The lowest BCUT2D eigenvalue weighted by molar-refractivity contribution is -0.105. The van der Waals surface area contributed by atoms with Gasteiger partial charge in [0.2, 0.25) is 6.29 Å². The van der Waals surface area contributed by atoms with Crippen molar-refractivity contribution < 1.29 is 9.47 Å². The van der Waals surface area contributed by atoms with Crippen LogP contribution in [-0.2, 0) is 9.47 Å². The minimum atomic E-state index is -0.355. The first-order valence-corrected chi connectivity index (χ1v) is 6.43. The molecule has 0 heterocycles. The molecule has 0 saturated heterocycles. The average molecular weight is 254 g/mol. The standard InChI is InChI=1S/C17H18O2/c1-2-18-17(16-11-7-4-8-12-16)19-14-13-15-9-5-3-6-10-15/h3-14,17H,2H2,1H3. The molecule has 1 unspecified atom stereocenters. The highest BCUT2D eigenvalue weighted by molar-refractivity contribution is 5.47. The molecule has 2 aromatic rings. The van der Waals surface area contributed by atoms with E-state index >= 15 is 0 Å². The highest BCUT2D eigenvalue weighted by atomic mass is 16.7. The van der Waals surface area contributed by atoms with E-state index in [1.165, 1.54) is 0 Å². The minimum absolute atomic E-state index is 0.355. The van der Waals surface area contributed by atoms with Gasteiger partial charge in [-0.25, -0.2) is 0 Å². The Bertz CT molecular complexity index is 491. The Labute approximate surface area is 114 Å². The summed E-state index contributed by atoms with van der Waals surface area (Å²) in [5.74, 6) is 0. The fraction of sp³-hybridized carbons (Fsp3) is 0.176. The van der Waals surface area contributed by atoms with Crippen LogP contribution in [0.15, 0.2) is 66.9 Å². The summed E-state index contributed by atoms with van der Waals surface area (Å²) in [6, 6.07) is 20.0. The summed E-state index contributed by atoms with van der Waals surface area (Å²) in [5.41, 5.74) is 2.12. The highest BCUT2D eigenvalue weighted by Crippen LogP contribution is 2.19. The van der Waals surface area contributed by atoms with Crippen molar-refractivity contribution in [2.24, 2.45) is 0 Å². The Morgan fingerprint density at radius 1 is 0.947 bits per heavy atom. The molecule has 0 aromatic heterocycles. The second-order valence-electron chi connectivity index (χ2n) is 4.05. The van der Waals surface area contributed by atoms with E-state index in [-0.39, 0.29) is 6.29 Å². The van der Waals surface area contributed by atoms with Crippen LogP contribution in [-0.4, -0.2) is 6.61 Å². The van der Waals surface area contributed by atoms with Crippen molar-refractivity contribution in [1.82, 2.24) is 0 Å². The van der Waals surface area contributed by atoms with Gasteiger partial charge in [0.1, 0.15) is 0 Å². The molecule has 0 fully saturated rings. The Morgan fingerprint density at radius 2 is 1.58 bits per heavy atom. The van der Waals surface area contributed by atoms with E-state index in [0.29, 0.717) is 6.61 Å². The summed E-state index contributed by atoms with van der Waals surface area (Å²) in [6.07, 6.45) is 3.25. The molecule has 2 rings (SSSR count). The maximum atomic E-state index is 5.67. The molecular weight excluding hydrogens is 236 g/mol. The highest BCUT2D eigenvalue weighted by Gasteiger charge is 2.09. The van der Waals surface area contributed by atoms with Crippen LogP contribution >= 0.6 is 0 Å². The third-order valence-corrected chi connectivity index (χ3v) is 2.65. The van der Waals surface area contributed by atoms with Gasteiger partial charge in [-0.05, 0) is 18.6 Å². The third kappa shape index (κ3) is 4.27. The zero-order chi connectivity index (χ0) is 13.3. The van der Waals surface area contributed by atoms with Crippen LogP contribution < -0.4 is 0 Å². The summed E-state index contributed by atoms with van der Waals surface area (Å²) in [6.45, 7) is 2.57. The van der Waals surface area contributed by atoms with Gasteiger partial charge >= 0.3 is 0 Å². The first kappa shape index (κ1) is 13.4. The Hall–Kier alpha value is -2.06. The van der Waals surface area contributed by atoms with Gasteiger partial charge < -0.3 is 9.47 Å². The van der Waals surface area contributed by atoms with Crippen molar-refractivity contribution in [2.45, 2.75) is 13.2 Å². The third-order valence-electron chi connectivity index (χ3n) is 2.65. The monoisotopic (exact) mass is 254 g/mol. The molecule has 0 aliphatic rings. The summed E-state index contributed by atoms with van der Waals surface area (Å²) >= 11 is 0. The van der Waals surface area contributed by atoms with Crippen LogP contribution in [0.4, 0.5) is 0 Å². The van der Waals surface area contributed by atoms with Crippen LogP contribution in [0.5, 0.6) is 0 Å². The number of hydrogen-bond acceptors (Lipinski definition) is 2. The van der Waals surface area contributed by atoms with Gasteiger partial charge in [0.25, 0.3) is 0 Å². The molecule has 0 amide bonds. The molecule has 0 N–H and O–H groups in total. The van der Waals surface area contributed by atoms with Crippen LogP contribution in [0.2, 0.25) is 0 Å². The second kappa shape index (κ2) is 7.39. The van der Waals surface area contributed by atoms with E-state index in [2.05, 4.69) is 0 Å². The van der Waals surface area contributed by atoms with Crippen LogP contribution in [0.3, 0.4) is 0 Å². The van der Waals surface area contributed by atoms with E-state index in [1.54, 1.807) is 6.26 Å². The lowest BCUT2D eigenvalue weighted by atomic mass is 10.2. The van der Waals surface area contributed by atoms with E-state index in [4.69, 9.17) is 9.47 Å². The van der Waals surface area contributed by atoms with Crippen molar-refractivity contribution in [1.29, 1.82) is 0 Å². The Balaban J connectivity index is 2.00. The van der Waals surface area contributed by atoms with Gasteiger partial charge in [0.05, 0.1) is 6.26 Å². The van der Waals surface area contributed by atoms with Gasteiger partial charge in [0.15, 0.2) is 0 Å². The van der Waals surface area contributed by atoms with Crippen molar-refractivity contribution in [3.63, 3.8) is 0 Å². The number of rotatable bonds is 6. The molecule has 0 spiro atoms. The zero-order valence-electron chi connectivity index (χ0n) is 11.0. The maximum absolute atomic E-state index is 5.67. The molecular formula is C17H18O2. The number of hydrogen-bond donors (Lipinski definition) is 0. The van der Waals surface area contributed by atoms with Gasteiger partial charge in [-0.15, -0.1) is 0 Å². The topological polar surface area (TPSA) is 18.5 Å². The summed E-state index contributed by atoms with van der Waals surface area (Å²) in [5, 5.41) is 0. The average Bonchev–Trinajstić information content (AvgIpc) is 2.48. The predicted octanol–water partition coefficient (Wildman–Crippen LogP) is 4.41. The van der Waals surface area contributed by atoms with E-state index in [1.807, 2.05) is 73.7 Å². The van der Waals surface area contributed by atoms with Crippen molar-refractivity contribution >= 4 is 6.08 Å². The zero-order valence-corrected chi connectivity index (χ0v) is 11.0. The predicted molar refractivity (Wildman–Crippen MR) is 77.4 cm³/mol. The van der Waals surface area contributed by atoms with E-state index in [0.717, 1.165) is 11.1 Å². The second-order valence-corrected chi connectivity index (χ2v) is 4.05. The molecule has 0 saturated carbocycles. The molecule has 0 radical (unpaired) electrons. The fourth-order valence-corrected chi connectivity index (χ4v) is 1.73. The van der Waals surface area contributed by atoms with Crippen LogP contribution in [0, 0.1) is 0 Å². The molecule has 19 heavy (non-hydrogen) atoms. The maximum Gasteiger partial charge on any atom is 0.225 e. The molecule has 2 aromatic carbocycles. The van der Waals surface area contributed by atoms with Crippen molar-refractivity contribution in [3.05, 3.63) is 78.1 Å². The first-order valence-electron chi connectivity index (χ1n) is 6.43. The smallest absolute Gasteiger partial charge is 0.225 e. The van der Waals surface area contributed by atoms with Crippen LogP contribution in [0.1, 0.15) is 24.3 Å². The van der Waals surface area contributed by atoms with Crippen molar-refractivity contribution in [3.8, 4) is 0 Å². The summed E-state index contributed by atoms with van der Waals surface area (Å²) < 4.78 is 11.3. The molecule has 2 nitrogen and oxygen atoms in total. The number of ether oxygens (including phenoxy) is 2. The molecule has 2 heteroatoms. The normalized spacial score (nSPS) is 12.5. The summed E-state index contributed by atoms with van der Waals surface area (Å²) in [7, 11) is 0. The van der Waals surface area contributed by atoms with Crippen molar-refractivity contribution in [2.75, 3.05) is 6.61 Å². The largest absolute Gasteiger partial charge is 0.468 e. The molecule has 0 bridgehead atoms. The lowest BCUT2D eigenvalue weighted by Gasteiger charge is -2.16. The van der Waals surface area contributed by atoms with E-state index in [9.17, 15) is 0 Å². The quantitative estimate of drug-likeness (QED) is 0.561.